The molecule has 26 heavy (non-hydrogen) atoms. The molecule has 0 aromatic carbocycles. The molecule has 0 aromatic rings. The van der Waals surface area contributed by atoms with Crippen molar-refractivity contribution in [3.63, 3.8) is 0 Å². The van der Waals surface area contributed by atoms with E-state index in [1.165, 1.54) is 12.8 Å². The van der Waals surface area contributed by atoms with E-state index < -0.39 is 0 Å². The van der Waals surface area contributed by atoms with Crippen LogP contribution in [-0.2, 0) is 0 Å². The number of hydrogen-bond acceptors (Lipinski definition) is 4. The maximum absolute atomic E-state index is 3.82. The Balaban J connectivity index is 3.29. The van der Waals surface area contributed by atoms with Crippen LogP contribution < -0.4 is 16.0 Å². The van der Waals surface area contributed by atoms with Crippen LogP contribution in [-0.4, -0.2) is 61.8 Å². The van der Waals surface area contributed by atoms with Crippen LogP contribution in [0.15, 0.2) is 0 Å². The SMILES string of the molecule is CC(C)(C)N1CCCCNCCNCCNCC1(C(C)(C)C)C(C)(C)C. The minimum atomic E-state index is 0.0653. The van der Waals surface area contributed by atoms with Gasteiger partial charge in [-0.3, -0.25) is 4.90 Å². The third-order valence-corrected chi connectivity index (χ3v) is 6.08. The quantitative estimate of drug-likeness (QED) is 0.612. The zero-order valence-electron chi connectivity index (χ0n) is 19.3. The zero-order chi connectivity index (χ0) is 20.1. The molecule has 0 radical (unpaired) electrons. The van der Waals surface area contributed by atoms with Gasteiger partial charge in [0.15, 0.2) is 0 Å². The monoisotopic (exact) mass is 368 g/mol. The van der Waals surface area contributed by atoms with Crippen LogP contribution in [0.25, 0.3) is 0 Å². The van der Waals surface area contributed by atoms with Crippen molar-refractivity contribution < 1.29 is 0 Å². The van der Waals surface area contributed by atoms with Crippen molar-refractivity contribution in [1.29, 1.82) is 0 Å². The van der Waals surface area contributed by atoms with Crippen molar-refractivity contribution in [2.75, 3.05) is 45.8 Å². The van der Waals surface area contributed by atoms with E-state index in [9.17, 15) is 0 Å². The van der Waals surface area contributed by atoms with Gasteiger partial charge in [-0.15, -0.1) is 0 Å². The predicted octanol–water partition coefficient (Wildman–Crippen LogP) is 3.48. The van der Waals surface area contributed by atoms with Gasteiger partial charge >= 0.3 is 0 Å². The molecular weight excluding hydrogens is 320 g/mol. The predicted molar refractivity (Wildman–Crippen MR) is 116 cm³/mol. The van der Waals surface area contributed by atoms with Crippen LogP contribution in [0.3, 0.4) is 0 Å². The maximum Gasteiger partial charge on any atom is 0.0435 e. The molecule has 3 N–H and O–H groups in total. The molecule has 1 heterocycles. The summed E-state index contributed by atoms with van der Waals surface area (Å²) in [5, 5.41) is 10.9. The Kier molecular flexibility index (Phi) is 8.59. The Labute approximate surface area is 164 Å². The number of rotatable bonds is 0. The van der Waals surface area contributed by atoms with Crippen LogP contribution in [0.1, 0.15) is 75.2 Å². The van der Waals surface area contributed by atoms with Crippen molar-refractivity contribution in [2.24, 2.45) is 10.8 Å². The first-order chi connectivity index (χ1) is 11.8. The van der Waals surface area contributed by atoms with Gasteiger partial charge in [0.2, 0.25) is 0 Å². The highest BCUT2D eigenvalue weighted by atomic mass is 15.3. The Bertz CT molecular complexity index is 384. The minimum absolute atomic E-state index is 0.0653. The number of hydrogen-bond donors (Lipinski definition) is 3. The molecule has 1 aliphatic heterocycles. The summed E-state index contributed by atoms with van der Waals surface area (Å²) in [5.74, 6) is 0. The fraction of sp³-hybridized carbons (Fsp3) is 1.00. The second-order valence-corrected chi connectivity index (χ2v) is 11.1. The normalized spacial score (nSPS) is 23.4. The summed E-state index contributed by atoms with van der Waals surface area (Å²) in [6, 6.07) is 0. The summed E-state index contributed by atoms with van der Waals surface area (Å²) in [6.45, 7) is 29.2. The molecule has 1 fully saturated rings. The molecule has 0 saturated carbocycles. The van der Waals surface area contributed by atoms with E-state index >= 15 is 0 Å². The van der Waals surface area contributed by atoms with Gasteiger partial charge in [-0.25, -0.2) is 0 Å². The standard InChI is InChI=1S/C22H48N4/c1-19(2,3)22(20(4,5)6)18-25-16-15-24-14-13-23-12-10-11-17-26(22)21(7,8)9/h23-25H,10-18H2,1-9H3. The van der Waals surface area contributed by atoms with Crippen LogP contribution in [0.5, 0.6) is 0 Å². The third kappa shape index (κ3) is 5.92. The van der Waals surface area contributed by atoms with Crippen molar-refractivity contribution in [2.45, 2.75) is 86.2 Å². The van der Waals surface area contributed by atoms with Crippen molar-refractivity contribution in [3.05, 3.63) is 0 Å². The lowest BCUT2D eigenvalue weighted by Crippen LogP contribution is -2.73. The second-order valence-electron chi connectivity index (χ2n) is 11.1. The first-order valence-electron chi connectivity index (χ1n) is 10.7. The summed E-state index contributed by atoms with van der Waals surface area (Å²) in [6.07, 6.45) is 2.48. The van der Waals surface area contributed by atoms with Gasteiger partial charge in [-0.05, 0) is 57.5 Å². The summed E-state index contributed by atoms with van der Waals surface area (Å²) >= 11 is 0. The Hall–Kier alpha value is -0.160. The number of nitrogens with one attached hydrogen (secondary N) is 3. The Morgan fingerprint density at radius 2 is 1.08 bits per heavy atom. The second kappa shape index (κ2) is 9.36. The average Bonchev–Trinajstić information content (AvgIpc) is 2.45. The lowest BCUT2D eigenvalue weighted by atomic mass is 9.57. The van der Waals surface area contributed by atoms with Crippen LogP contribution in [0, 0.1) is 10.8 Å². The van der Waals surface area contributed by atoms with Gasteiger partial charge in [0.05, 0.1) is 0 Å². The third-order valence-electron chi connectivity index (χ3n) is 6.08. The molecule has 0 unspecified atom stereocenters. The Morgan fingerprint density at radius 3 is 1.54 bits per heavy atom. The molecule has 0 spiro atoms. The molecule has 0 atom stereocenters. The molecule has 0 amide bonds. The lowest BCUT2D eigenvalue weighted by Gasteiger charge is -2.63. The topological polar surface area (TPSA) is 39.3 Å². The summed E-state index contributed by atoms with van der Waals surface area (Å²) in [7, 11) is 0. The molecule has 0 aliphatic carbocycles. The van der Waals surface area contributed by atoms with Gasteiger partial charge in [0.25, 0.3) is 0 Å². The highest BCUT2D eigenvalue weighted by molar-refractivity contribution is 5.11. The van der Waals surface area contributed by atoms with Gasteiger partial charge < -0.3 is 16.0 Å². The van der Waals surface area contributed by atoms with Crippen molar-refractivity contribution >= 4 is 0 Å². The van der Waals surface area contributed by atoms with E-state index in [1.807, 2.05) is 0 Å². The highest BCUT2D eigenvalue weighted by Gasteiger charge is 2.56. The summed E-state index contributed by atoms with van der Waals surface area (Å²) in [4.78, 5) is 2.83. The van der Waals surface area contributed by atoms with Crippen LogP contribution >= 0.6 is 0 Å². The Morgan fingerprint density at radius 1 is 0.615 bits per heavy atom. The average molecular weight is 369 g/mol. The van der Waals surface area contributed by atoms with E-state index in [1.54, 1.807) is 0 Å². The molecule has 1 rings (SSSR count). The first-order valence-corrected chi connectivity index (χ1v) is 10.7. The van der Waals surface area contributed by atoms with Crippen LogP contribution in [0.4, 0.5) is 0 Å². The number of nitrogens with zero attached hydrogens (tertiary/aromatic N) is 1. The molecule has 0 bridgehead atoms. The van der Waals surface area contributed by atoms with E-state index in [0.717, 1.165) is 45.8 Å². The van der Waals surface area contributed by atoms with Crippen LogP contribution in [0.2, 0.25) is 0 Å². The van der Waals surface area contributed by atoms with Gasteiger partial charge in [0, 0.05) is 43.8 Å². The van der Waals surface area contributed by atoms with E-state index in [4.69, 9.17) is 0 Å². The van der Waals surface area contributed by atoms with E-state index in [2.05, 4.69) is 83.2 Å². The molecular formula is C22H48N4. The van der Waals surface area contributed by atoms with Gasteiger partial charge in [0.1, 0.15) is 0 Å². The van der Waals surface area contributed by atoms with Gasteiger partial charge in [-0.2, -0.15) is 0 Å². The van der Waals surface area contributed by atoms with E-state index in [0.29, 0.717) is 0 Å². The largest absolute Gasteiger partial charge is 0.315 e. The molecule has 4 nitrogen and oxygen atoms in total. The smallest absolute Gasteiger partial charge is 0.0435 e. The molecule has 4 heteroatoms. The molecule has 156 valence electrons. The lowest BCUT2D eigenvalue weighted by molar-refractivity contribution is -0.127. The summed E-state index contributed by atoms with van der Waals surface area (Å²) < 4.78 is 0. The van der Waals surface area contributed by atoms with Gasteiger partial charge in [-0.1, -0.05) is 41.5 Å². The maximum atomic E-state index is 3.82. The zero-order valence-corrected chi connectivity index (χ0v) is 19.3. The fourth-order valence-corrected chi connectivity index (χ4v) is 5.05. The highest BCUT2D eigenvalue weighted by Crippen LogP contribution is 2.50. The molecule has 1 saturated heterocycles. The summed E-state index contributed by atoms with van der Waals surface area (Å²) in [5.41, 5.74) is 0.517. The fourth-order valence-electron chi connectivity index (χ4n) is 5.05. The minimum Gasteiger partial charge on any atom is -0.315 e. The first kappa shape index (κ1) is 23.9. The molecule has 0 aromatic heterocycles. The van der Waals surface area contributed by atoms with Crippen molar-refractivity contribution in [3.8, 4) is 0 Å². The van der Waals surface area contributed by atoms with Crippen molar-refractivity contribution in [1.82, 2.24) is 20.9 Å². The van der Waals surface area contributed by atoms with E-state index in [-0.39, 0.29) is 21.9 Å². The molecule has 1 aliphatic rings.